The van der Waals surface area contributed by atoms with Gasteiger partial charge in [0.2, 0.25) is 10.0 Å². The summed E-state index contributed by atoms with van der Waals surface area (Å²) in [5.74, 6) is 0. The van der Waals surface area contributed by atoms with Crippen LogP contribution >= 0.6 is 0 Å². The second kappa shape index (κ2) is 8.19. The normalized spacial score (nSPS) is 11.6. The highest BCUT2D eigenvalue weighted by Gasteiger charge is 2.28. The Morgan fingerprint density at radius 3 is 2.36 bits per heavy atom. The van der Waals surface area contributed by atoms with Gasteiger partial charge in [0.15, 0.2) is 0 Å². The van der Waals surface area contributed by atoms with Crippen LogP contribution in [-0.4, -0.2) is 37.3 Å². The Balaban J connectivity index is 2.33. The highest BCUT2D eigenvalue weighted by molar-refractivity contribution is 7.89. The predicted octanol–water partition coefficient (Wildman–Crippen LogP) is 2.10. The largest absolute Gasteiger partial charge is 0.329 e. The molecule has 0 unspecified atom stereocenters. The fraction of sp³-hybridized carbons (Fsp3) is 0.294. The van der Waals surface area contributed by atoms with E-state index in [2.05, 4.69) is 0 Å². The zero-order valence-electron chi connectivity index (χ0n) is 14.0. The van der Waals surface area contributed by atoms with Crippen molar-refractivity contribution in [3.8, 4) is 0 Å². The third-order valence-electron chi connectivity index (χ3n) is 3.94. The number of nitro groups is 1. The molecule has 8 heteroatoms. The summed E-state index contributed by atoms with van der Waals surface area (Å²) in [7, 11) is -3.87. The van der Waals surface area contributed by atoms with Gasteiger partial charge < -0.3 is 5.73 Å². The number of sulfonamides is 1. The van der Waals surface area contributed by atoms with Gasteiger partial charge in [0, 0.05) is 31.3 Å². The topological polar surface area (TPSA) is 107 Å². The van der Waals surface area contributed by atoms with Crippen molar-refractivity contribution in [3.63, 3.8) is 0 Å². The first kappa shape index (κ1) is 19.0. The quantitative estimate of drug-likeness (QED) is 0.571. The van der Waals surface area contributed by atoms with Gasteiger partial charge in [0.25, 0.3) is 5.69 Å². The molecule has 2 aromatic carbocycles. The number of nitrogens with two attached hydrogens (primary N) is 1. The van der Waals surface area contributed by atoms with Gasteiger partial charge >= 0.3 is 0 Å². The zero-order chi connectivity index (χ0) is 18.4. The Kier molecular flexibility index (Phi) is 6.24. The maximum Gasteiger partial charge on any atom is 0.273 e. The molecule has 2 aromatic rings. The molecule has 2 rings (SSSR count). The van der Waals surface area contributed by atoms with E-state index in [0.29, 0.717) is 6.42 Å². The summed E-state index contributed by atoms with van der Waals surface area (Å²) in [6.07, 6.45) is 0.536. The van der Waals surface area contributed by atoms with E-state index >= 15 is 0 Å². The van der Waals surface area contributed by atoms with E-state index in [9.17, 15) is 18.5 Å². The molecule has 0 saturated heterocycles. The molecule has 0 saturated carbocycles. The Labute approximate surface area is 147 Å². The maximum absolute atomic E-state index is 13.0. The Morgan fingerprint density at radius 1 is 1.08 bits per heavy atom. The van der Waals surface area contributed by atoms with Crippen molar-refractivity contribution in [1.82, 2.24) is 4.31 Å². The molecule has 0 fully saturated rings. The second-order valence-corrected chi connectivity index (χ2v) is 7.49. The van der Waals surface area contributed by atoms with Crippen LogP contribution in [0.4, 0.5) is 5.69 Å². The van der Waals surface area contributed by atoms with Crippen molar-refractivity contribution < 1.29 is 13.3 Å². The first-order chi connectivity index (χ1) is 11.9. The highest BCUT2D eigenvalue weighted by Crippen LogP contribution is 2.27. The van der Waals surface area contributed by atoms with Crippen LogP contribution < -0.4 is 5.73 Å². The van der Waals surface area contributed by atoms with Gasteiger partial charge in [-0.1, -0.05) is 36.4 Å². The average Bonchev–Trinajstić information content (AvgIpc) is 2.59. The maximum atomic E-state index is 13.0. The van der Waals surface area contributed by atoms with Crippen LogP contribution in [0.3, 0.4) is 0 Å². The first-order valence-electron chi connectivity index (χ1n) is 7.86. The lowest BCUT2D eigenvalue weighted by Crippen LogP contribution is -2.37. The van der Waals surface area contributed by atoms with Crippen LogP contribution in [0.15, 0.2) is 53.4 Å². The van der Waals surface area contributed by atoms with Gasteiger partial charge in [-0.15, -0.1) is 0 Å². The monoisotopic (exact) mass is 363 g/mol. The number of nitrogens with zero attached hydrogens (tertiary/aromatic N) is 2. The fourth-order valence-electron chi connectivity index (χ4n) is 2.61. The van der Waals surface area contributed by atoms with E-state index in [0.717, 1.165) is 5.56 Å². The van der Waals surface area contributed by atoms with Crippen molar-refractivity contribution in [3.05, 3.63) is 69.8 Å². The number of nitro benzene ring substituents is 1. The Hall–Kier alpha value is -2.29. The summed E-state index contributed by atoms with van der Waals surface area (Å²) >= 11 is 0. The molecule has 2 N–H and O–H groups in total. The number of hydrogen-bond donors (Lipinski definition) is 1. The van der Waals surface area contributed by atoms with E-state index < -0.39 is 14.9 Å². The number of benzene rings is 2. The summed E-state index contributed by atoms with van der Waals surface area (Å²) in [4.78, 5) is 10.5. The van der Waals surface area contributed by atoms with Crippen LogP contribution in [0.25, 0.3) is 0 Å². The van der Waals surface area contributed by atoms with E-state index in [-0.39, 0.29) is 35.8 Å². The van der Waals surface area contributed by atoms with E-state index in [1.54, 1.807) is 0 Å². The van der Waals surface area contributed by atoms with Crippen LogP contribution in [0.1, 0.15) is 11.1 Å². The fourth-order valence-corrected chi connectivity index (χ4v) is 4.31. The molecule has 0 aromatic heterocycles. The van der Waals surface area contributed by atoms with Gasteiger partial charge in [-0.25, -0.2) is 8.42 Å². The summed E-state index contributed by atoms with van der Waals surface area (Å²) in [6, 6.07) is 13.6. The van der Waals surface area contributed by atoms with Crippen LogP contribution in [0.2, 0.25) is 0 Å². The van der Waals surface area contributed by atoms with Crippen molar-refractivity contribution in [1.29, 1.82) is 0 Å². The minimum Gasteiger partial charge on any atom is -0.329 e. The smallest absolute Gasteiger partial charge is 0.273 e. The van der Waals surface area contributed by atoms with Gasteiger partial charge in [-0.3, -0.25) is 10.1 Å². The van der Waals surface area contributed by atoms with Crippen LogP contribution in [0.5, 0.6) is 0 Å². The summed E-state index contributed by atoms with van der Waals surface area (Å²) in [5.41, 5.74) is 6.51. The summed E-state index contributed by atoms with van der Waals surface area (Å²) < 4.78 is 27.3. The number of hydrogen-bond acceptors (Lipinski definition) is 5. The molecule has 7 nitrogen and oxygen atoms in total. The van der Waals surface area contributed by atoms with Gasteiger partial charge in [-0.05, 0) is 25.0 Å². The summed E-state index contributed by atoms with van der Waals surface area (Å²) in [5, 5.41) is 11.1. The molecule has 0 atom stereocenters. The first-order valence-corrected chi connectivity index (χ1v) is 9.30. The standard InChI is InChI=1S/C17H21N3O4S/c1-14-16(20(21)22)8-5-9-17(14)25(23,24)19(13-11-18)12-10-15-6-3-2-4-7-15/h2-9H,10-13,18H2,1H3. The van der Waals surface area contributed by atoms with Crippen molar-refractivity contribution >= 4 is 15.7 Å². The van der Waals surface area contributed by atoms with Crippen LogP contribution in [0, 0.1) is 17.0 Å². The lowest BCUT2D eigenvalue weighted by atomic mass is 10.1. The minimum atomic E-state index is -3.87. The third kappa shape index (κ3) is 4.41. The SMILES string of the molecule is Cc1c([N+](=O)[O-])cccc1S(=O)(=O)N(CCN)CCc1ccccc1. The molecule has 0 heterocycles. The molecule has 0 bridgehead atoms. The molecule has 134 valence electrons. The van der Waals surface area contributed by atoms with E-state index in [1.165, 1.54) is 29.4 Å². The molecule has 25 heavy (non-hydrogen) atoms. The molecule has 0 radical (unpaired) electrons. The van der Waals surface area contributed by atoms with Crippen molar-refractivity contribution in [2.24, 2.45) is 5.73 Å². The zero-order valence-corrected chi connectivity index (χ0v) is 14.8. The van der Waals surface area contributed by atoms with Crippen molar-refractivity contribution in [2.45, 2.75) is 18.2 Å². The minimum absolute atomic E-state index is 0.0526. The van der Waals surface area contributed by atoms with E-state index in [1.807, 2.05) is 30.3 Å². The molecular formula is C17H21N3O4S. The molecule has 0 aliphatic carbocycles. The molecule has 0 amide bonds. The lowest BCUT2D eigenvalue weighted by molar-refractivity contribution is -0.385. The predicted molar refractivity (Wildman–Crippen MR) is 95.8 cm³/mol. The van der Waals surface area contributed by atoms with Gasteiger partial charge in [0.05, 0.1) is 9.82 Å². The average molecular weight is 363 g/mol. The molecule has 0 aliphatic rings. The Bertz CT molecular complexity index is 838. The van der Waals surface area contributed by atoms with Gasteiger partial charge in [0.1, 0.15) is 0 Å². The van der Waals surface area contributed by atoms with Crippen molar-refractivity contribution in [2.75, 3.05) is 19.6 Å². The summed E-state index contributed by atoms with van der Waals surface area (Å²) in [6.45, 7) is 2.02. The third-order valence-corrected chi connectivity index (χ3v) is 5.98. The van der Waals surface area contributed by atoms with Crippen LogP contribution in [-0.2, 0) is 16.4 Å². The molecule has 0 aliphatic heterocycles. The Morgan fingerprint density at radius 2 is 1.76 bits per heavy atom. The lowest BCUT2D eigenvalue weighted by Gasteiger charge is -2.22. The molecular weight excluding hydrogens is 342 g/mol. The van der Waals surface area contributed by atoms with E-state index in [4.69, 9.17) is 5.73 Å². The highest BCUT2D eigenvalue weighted by atomic mass is 32.2. The molecule has 0 spiro atoms. The van der Waals surface area contributed by atoms with Gasteiger partial charge in [-0.2, -0.15) is 4.31 Å². The number of rotatable bonds is 8. The second-order valence-electron chi connectivity index (χ2n) is 5.59.